The van der Waals surface area contributed by atoms with Gasteiger partial charge in [-0.05, 0) is 6.92 Å². The lowest BCUT2D eigenvalue weighted by molar-refractivity contribution is 1.74. The fourth-order valence-corrected chi connectivity index (χ4v) is 0.136. The molecule has 0 saturated carbocycles. The molecule has 0 aromatic rings. The second kappa shape index (κ2) is 8.82. The van der Waals surface area contributed by atoms with Gasteiger partial charge in [-0.2, -0.15) is 0 Å². The van der Waals surface area contributed by atoms with Crippen LogP contribution in [0.5, 0.6) is 0 Å². The van der Waals surface area contributed by atoms with Crippen molar-refractivity contribution in [1.29, 1.82) is 0 Å². The van der Waals surface area contributed by atoms with Crippen LogP contribution in [-0.2, 0) is 0 Å². The first-order valence-corrected chi connectivity index (χ1v) is 1.65. The van der Waals surface area contributed by atoms with Crippen molar-refractivity contribution in [2.45, 2.75) is 14.4 Å². The second-order valence-corrected chi connectivity index (χ2v) is 0.761. The summed E-state index contributed by atoms with van der Waals surface area (Å²) in [5.41, 5.74) is 0. The number of hydrogen-bond acceptors (Lipinski definition) is 0. The Morgan fingerprint density at radius 3 is 2.00 bits per heavy atom. The number of hydrogen-bond donors (Lipinski definition) is 0. The Kier molecular flexibility index (Phi) is 13.4. The zero-order valence-electron chi connectivity index (χ0n) is 3.44. The third-order valence-corrected chi connectivity index (χ3v) is 0.329. The minimum Gasteiger partial charge on any atom is -0.0991 e. The molecular formula is C6H12. The fraction of sp³-hybridized carbons (Fsp3) is 0.333. The Morgan fingerprint density at radius 1 is 1.50 bits per heavy atom. The third-order valence-electron chi connectivity index (χ3n) is 0.329. The molecule has 36 valence electrons. The van der Waals surface area contributed by atoms with Gasteiger partial charge in [0.25, 0.3) is 0 Å². The Balaban J connectivity index is 0. The molecule has 0 atom stereocenters. The van der Waals surface area contributed by atoms with Gasteiger partial charge in [0.15, 0.2) is 0 Å². The molecule has 0 heterocycles. The van der Waals surface area contributed by atoms with E-state index >= 15 is 0 Å². The maximum absolute atomic E-state index is 3.46. The summed E-state index contributed by atoms with van der Waals surface area (Å²) >= 11 is 0. The summed E-state index contributed by atoms with van der Waals surface area (Å²) in [7, 11) is 0. The van der Waals surface area contributed by atoms with Gasteiger partial charge in [0.05, 0.1) is 0 Å². The summed E-state index contributed by atoms with van der Waals surface area (Å²) in [5, 5.41) is 0. The third kappa shape index (κ3) is 9.77. The van der Waals surface area contributed by atoms with E-state index in [-0.39, 0.29) is 7.43 Å². The van der Waals surface area contributed by atoms with Gasteiger partial charge in [0.2, 0.25) is 0 Å². The van der Waals surface area contributed by atoms with Gasteiger partial charge >= 0.3 is 0 Å². The van der Waals surface area contributed by atoms with E-state index in [1.807, 2.05) is 19.1 Å². The lowest BCUT2D eigenvalue weighted by Crippen LogP contribution is -1.33. The first-order chi connectivity index (χ1) is 2.41. The van der Waals surface area contributed by atoms with Crippen LogP contribution < -0.4 is 0 Å². The van der Waals surface area contributed by atoms with Crippen LogP contribution in [0.15, 0.2) is 24.8 Å². The highest BCUT2D eigenvalue weighted by molar-refractivity contribution is 4.94. The minimum absolute atomic E-state index is 0. The Hall–Kier alpha value is -0.520. The molecule has 0 unspecified atom stereocenters. The van der Waals surface area contributed by atoms with E-state index in [4.69, 9.17) is 0 Å². The Morgan fingerprint density at radius 2 is 2.00 bits per heavy atom. The van der Waals surface area contributed by atoms with Gasteiger partial charge in [-0.1, -0.05) is 32.2 Å². The average molecular weight is 84.2 g/mol. The maximum Gasteiger partial charge on any atom is -0.0467 e. The van der Waals surface area contributed by atoms with Crippen LogP contribution in [0, 0.1) is 0 Å². The van der Waals surface area contributed by atoms with Gasteiger partial charge in [-0.25, -0.2) is 0 Å². The normalized spacial score (nSPS) is 7.50. The van der Waals surface area contributed by atoms with E-state index in [1.54, 1.807) is 6.08 Å². The highest BCUT2D eigenvalue weighted by atomic mass is 13.5. The lowest BCUT2D eigenvalue weighted by atomic mass is 10.5. The molecule has 0 aromatic carbocycles. The molecule has 0 radical (unpaired) electrons. The molecule has 0 amide bonds. The Labute approximate surface area is 40.2 Å². The van der Waals surface area contributed by atoms with Crippen molar-refractivity contribution in [3.63, 3.8) is 0 Å². The quantitative estimate of drug-likeness (QED) is 0.428. The summed E-state index contributed by atoms with van der Waals surface area (Å²) in [4.78, 5) is 0. The first kappa shape index (κ1) is 9.08. The predicted octanol–water partition coefficient (Wildman–Crippen LogP) is 2.38. The van der Waals surface area contributed by atoms with E-state index in [9.17, 15) is 0 Å². The van der Waals surface area contributed by atoms with E-state index in [0.717, 1.165) is 0 Å². The number of rotatable bonds is 1. The van der Waals surface area contributed by atoms with E-state index in [2.05, 4.69) is 6.58 Å². The molecule has 0 fully saturated rings. The van der Waals surface area contributed by atoms with E-state index < -0.39 is 0 Å². The van der Waals surface area contributed by atoms with Crippen molar-refractivity contribution in [3.05, 3.63) is 24.8 Å². The highest BCUT2D eigenvalue weighted by Crippen LogP contribution is 1.64. The van der Waals surface area contributed by atoms with Gasteiger partial charge < -0.3 is 0 Å². The van der Waals surface area contributed by atoms with Crippen molar-refractivity contribution in [2.24, 2.45) is 0 Å². The van der Waals surface area contributed by atoms with Crippen molar-refractivity contribution in [3.8, 4) is 0 Å². The summed E-state index contributed by atoms with van der Waals surface area (Å²) < 4.78 is 0. The smallest absolute Gasteiger partial charge is 0.0467 e. The summed E-state index contributed by atoms with van der Waals surface area (Å²) in [6.07, 6.45) is 5.58. The van der Waals surface area contributed by atoms with Crippen LogP contribution in [-0.4, -0.2) is 0 Å². The van der Waals surface area contributed by atoms with Crippen LogP contribution in [0.1, 0.15) is 14.4 Å². The standard InChI is InChI=1S/C5H8.CH4/c1-3-5-4-2;/h3-5H,1H2,2H3;1H4/b5-4-;. The molecule has 0 N–H and O–H groups in total. The molecular weight excluding hydrogens is 72.1 g/mol. The topological polar surface area (TPSA) is 0 Å². The molecule has 0 spiro atoms. The van der Waals surface area contributed by atoms with Crippen LogP contribution >= 0.6 is 0 Å². The van der Waals surface area contributed by atoms with E-state index in [0.29, 0.717) is 0 Å². The Bertz CT molecular complexity index is 42.0. The molecule has 0 rings (SSSR count). The maximum atomic E-state index is 3.46. The van der Waals surface area contributed by atoms with Crippen LogP contribution in [0.4, 0.5) is 0 Å². The van der Waals surface area contributed by atoms with Crippen LogP contribution in [0.2, 0.25) is 0 Å². The molecule has 0 aliphatic rings. The minimum atomic E-state index is 0. The van der Waals surface area contributed by atoms with Crippen LogP contribution in [0.25, 0.3) is 0 Å². The average Bonchev–Trinajstić information content (AvgIpc) is 1.41. The van der Waals surface area contributed by atoms with Gasteiger partial charge in [-0.15, -0.1) is 0 Å². The van der Waals surface area contributed by atoms with Gasteiger partial charge in [-0.3, -0.25) is 0 Å². The van der Waals surface area contributed by atoms with Gasteiger partial charge in [0, 0.05) is 0 Å². The number of allylic oxidation sites excluding steroid dienone is 3. The zero-order valence-corrected chi connectivity index (χ0v) is 3.44. The van der Waals surface area contributed by atoms with Gasteiger partial charge in [0.1, 0.15) is 0 Å². The van der Waals surface area contributed by atoms with Crippen LogP contribution in [0.3, 0.4) is 0 Å². The lowest BCUT2D eigenvalue weighted by Gasteiger charge is -1.56. The molecule has 0 aromatic heterocycles. The molecule has 0 saturated heterocycles. The molecule has 0 aliphatic heterocycles. The fourth-order valence-electron chi connectivity index (χ4n) is 0.136. The molecule has 0 bridgehead atoms. The largest absolute Gasteiger partial charge is 0.0991 e. The zero-order chi connectivity index (χ0) is 4.12. The van der Waals surface area contributed by atoms with Crippen molar-refractivity contribution < 1.29 is 0 Å². The molecule has 0 heteroatoms. The monoisotopic (exact) mass is 84.1 g/mol. The summed E-state index contributed by atoms with van der Waals surface area (Å²) in [6, 6.07) is 0. The molecule has 6 heavy (non-hydrogen) atoms. The highest BCUT2D eigenvalue weighted by Gasteiger charge is 1.42. The molecule has 0 aliphatic carbocycles. The molecule has 0 nitrogen and oxygen atoms in total. The SMILES string of the molecule is C.C=C/C=C\C. The second-order valence-electron chi connectivity index (χ2n) is 0.761. The van der Waals surface area contributed by atoms with Crippen molar-refractivity contribution >= 4 is 0 Å². The van der Waals surface area contributed by atoms with Crippen molar-refractivity contribution in [2.75, 3.05) is 0 Å². The summed E-state index contributed by atoms with van der Waals surface area (Å²) in [5.74, 6) is 0. The predicted molar refractivity (Wildman–Crippen MR) is 31.7 cm³/mol. The van der Waals surface area contributed by atoms with Crippen molar-refractivity contribution in [1.82, 2.24) is 0 Å². The first-order valence-electron chi connectivity index (χ1n) is 1.65. The van der Waals surface area contributed by atoms with E-state index in [1.165, 1.54) is 0 Å². The summed E-state index contributed by atoms with van der Waals surface area (Å²) in [6.45, 7) is 5.42.